The van der Waals surface area contributed by atoms with E-state index in [9.17, 15) is 0 Å². The van der Waals surface area contributed by atoms with Crippen LogP contribution in [0.5, 0.6) is 0 Å². The Morgan fingerprint density at radius 2 is 1.62 bits per heavy atom. The summed E-state index contributed by atoms with van der Waals surface area (Å²) < 4.78 is 1.07. The number of hydrogen-bond donors (Lipinski definition) is 1. The standard InChI is InChI=1S/C18H15BrClN/c1-11-10-12(19)6-7-13(11)18(21)16-8-9-17(20)15-5-3-2-4-14(15)16/h2-10,18H,21H2,1H3. The minimum atomic E-state index is -0.166. The van der Waals surface area contributed by atoms with Gasteiger partial charge in [0.1, 0.15) is 0 Å². The Labute approximate surface area is 137 Å². The third-order valence-corrected chi connectivity index (χ3v) is 4.63. The molecule has 1 nitrogen and oxygen atoms in total. The highest BCUT2D eigenvalue weighted by molar-refractivity contribution is 9.10. The van der Waals surface area contributed by atoms with Crippen LogP contribution in [0.1, 0.15) is 22.7 Å². The maximum Gasteiger partial charge on any atom is 0.0560 e. The lowest BCUT2D eigenvalue weighted by Crippen LogP contribution is -2.13. The van der Waals surface area contributed by atoms with Crippen molar-refractivity contribution >= 4 is 38.3 Å². The van der Waals surface area contributed by atoms with Crippen LogP contribution in [0.25, 0.3) is 10.8 Å². The van der Waals surface area contributed by atoms with E-state index in [1.54, 1.807) is 0 Å². The molecule has 0 bridgehead atoms. The first-order valence-corrected chi connectivity index (χ1v) is 7.94. The van der Waals surface area contributed by atoms with Gasteiger partial charge >= 0.3 is 0 Å². The van der Waals surface area contributed by atoms with Crippen molar-refractivity contribution in [1.82, 2.24) is 0 Å². The average Bonchev–Trinajstić information content (AvgIpc) is 2.47. The molecule has 1 atom stereocenters. The molecule has 3 aromatic rings. The largest absolute Gasteiger partial charge is 0.320 e. The van der Waals surface area contributed by atoms with Crippen molar-refractivity contribution < 1.29 is 0 Å². The van der Waals surface area contributed by atoms with E-state index in [0.29, 0.717) is 0 Å². The minimum absolute atomic E-state index is 0.166. The van der Waals surface area contributed by atoms with Gasteiger partial charge in [0.15, 0.2) is 0 Å². The number of benzene rings is 3. The van der Waals surface area contributed by atoms with Crippen LogP contribution in [0.2, 0.25) is 5.02 Å². The molecule has 3 rings (SSSR count). The number of aryl methyl sites for hydroxylation is 1. The SMILES string of the molecule is Cc1cc(Br)ccc1C(N)c1ccc(Cl)c2ccccc12. The average molecular weight is 361 g/mol. The van der Waals surface area contributed by atoms with Gasteiger partial charge < -0.3 is 5.73 Å². The summed E-state index contributed by atoms with van der Waals surface area (Å²) in [7, 11) is 0. The van der Waals surface area contributed by atoms with Crippen LogP contribution in [-0.4, -0.2) is 0 Å². The molecule has 0 aliphatic rings. The highest BCUT2D eigenvalue weighted by Crippen LogP contribution is 2.33. The first kappa shape index (κ1) is 14.6. The van der Waals surface area contributed by atoms with Crippen molar-refractivity contribution in [2.24, 2.45) is 5.73 Å². The van der Waals surface area contributed by atoms with Gasteiger partial charge in [-0.3, -0.25) is 0 Å². The molecule has 0 saturated carbocycles. The first-order valence-electron chi connectivity index (χ1n) is 6.76. The molecule has 3 heteroatoms. The molecule has 0 fully saturated rings. The second kappa shape index (κ2) is 5.80. The number of fused-ring (bicyclic) bond motifs is 1. The summed E-state index contributed by atoms with van der Waals surface area (Å²) in [6, 6.07) is 18.1. The van der Waals surface area contributed by atoms with Crippen LogP contribution in [0.4, 0.5) is 0 Å². The summed E-state index contributed by atoms with van der Waals surface area (Å²) >= 11 is 9.78. The lowest BCUT2D eigenvalue weighted by Gasteiger charge is -2.18. The quantitative estimate of drug-likeness (QED) is 0.631. The predicted octanol–water partition coefficient (Wildman–Crippen LogP) is 5.61. The number of nitrogens with two attached hydrogens (primary N) is 1. The smallest absolute Gasteiger partial charge is 0.0560 e. The Morgan fingerprint density at radius 1 is 0.952 bits per heavy atom. The molecule has 0 radical (unpaired) electrons. The van der Waals surface area contributed by atoms with E-state index in [-0.39, 0.29) is 6.04 Å². The van der Waals surface area contributed by atoms with E-state index in [1.165, 1.54) is 5.56 Å². The molecular formula is C18H15BrClN. The van der Waals surface area contributed by atoms with Crippen molar-refractivity contribution in [3.63, 3.8) is 0 Å². The van der Waals surface area contributed by atoms with Crippen molar-refractivity contribution in [3.8, 4) is 0 Å². The summed E-state index contributed by atoms with van der Waals surface area (Å²) in [5.74, 6) is 0. The van der Waals surface area contributed by atoms with Crippen molar-refractivity contribution in [1.29, 1.82) is 0 Å². The molecule has 0 aliphatic carbocycles. The molecule has 2 N–H and O–H groups in total. The zero-order chi connectivity index (χ0) is 15.0. The number of halogens is 2. The second-order valence-corrected chi connectivity index (χ2v) is 6.48. The minimum Gasteiger partial charge on any atom is -0.320 e. The van der Waals surface area contributed by atoms with Crippen LogP contribution < -0.4 is 5.73 Å². The van der Waals surface area contributed by atoms with Gasteiger partial charge in [-0.15, -0.1) is 0 Å². The van der Waals surface area contributed by atoms with Gasteiger partial charge in [0.2, 0.25) is 0 Å². The molecule has 21 heavy (non-hydrogen) atoms. The predicted molar refractivity (Wildman–Crippen MR) is 93.9 cm³/mol. The maximum atomic E-state index is 6.52. The number of rotatable bonds is 2. The first-order chi connectivity index (χ1) is 10.1. The van der Waals surface area contributed by atoms with Crippen molar-refractivity contribution in [2.75, 3.05) is 0 Å². The fourth-order valence-electron chi connectivity index (χ4n) is 2.71. The van der Waals surface area contributed by atoms with E-state index in [1.807, 2.05) is 36.4 Å². The van der Waals surface area contributed by atoms with Crippen LogP contribution in [0, 0.1) is 6.92 Å². The third kappa shape index (κ3) is 2.71. The third-order valence-electron chi connectivity index (χ3n) is 3.81. The van der Waals surface area contributed by atoms with E-state index < -0.39 is 0 Å². The summed E-state index contributed by atoms with van der Waals surface area (Å²) in [4.78, 5) is 0. The van der Waals surface area contributed by atoms with Gasteiger partial charge in [0, 0.05) is 14.9 Å². The lowest BCUT2D eigenvalue weighted by molar-refractivity contribution is 0.870. The van der Waals surface area contributed by atoms with E-state index in [0.717, 1.165) is 31.4 Å². The summed E-state index contributed by atoms with van der Waals surface area (Å²) in [6.45, 7) is 2.08. The van der Waals surface area contributed by atoms with Gasteiger partial charge in [0.25, 0.3) is 0 Å². The van der Waals surface area contributed by atoms with Gasteiger partial charge in [-0.2, -0.15) is 0 Å². The molecule has 106 valence electrons. The van der Waals surface area contributed by atoms with Gasteiger partial charge in [-0.25, -0.2) is 0 Å². The topological polar surface area (TPSA) is 26.0 Å². The summed E-state index contributed by atoms with van der Waals surface area (Å²) in [5, 5.41) is 2.91. The van der Waals surface area contributed by atoms with E-state index in [4.69, 9.17) is 17.3 Å². The van der Waals surface area contributed by atoms with Crippen LogP contribution in [0.15, 0.2) is 59.1 Å². The Balaban J connectivity index is 2.18. The lowest BCUT2D eigenvalue weighted by atomic mass is 9.92. The Morgan fingerprint density at radius 3 is 2.33 bits per heavy atom. The van der Waals surface area contributed by atoms with E-state index in [2.05, 4.69) is 41.1 Å². The fraction of sp³-hybridized carbons (Fsp3) is 0.111. The van der Waals surface area contributed by atoms with Crippen molar-refractivity contribution in [3.05, 3.63) is 80.8 Å². The molecule has 0 aliphatic heterocycles. The Hall–Kier alpha value is -1.35. The summed E-state index contributed by atoms with van der Waals surface area (Å²) in [5.41, 5.74) is 9.93. The second-order valence-electron chi connectivity index (χ2n) is 5.16. The molecule has 0 aromatic heterocycles. The zero-order valence-electron chi connectivity index (χ0n) is 11.6. The molecule has 0 spiro atoms. The molecule has 0 saturated heterocycles. The number of hydrogen-bond acceptors (Lipinski definition) is 1. The highest BCUT2D eigenvalue weighted by atomic mass is 79.9. The fourth-order valence-corrected chi connectivity index (χ4v) is 3.42. The van der Waals surface area contributed by atoms with Gasteiger partial charge in [0.05, 0.1) is 6.04 Å². The zero-order valence-corrected chi connectivity index (χ0v) is 13.9. The Bertz CT molecular complexity index is 813. The normalized spacial score (nSPS) is 12.6. The van der Waals surface area contributed by atoms with Gasteiger partial charge in [-0.1, -0.05) is 63.9 Å². The Kier molecular flexibility index (Phi) is 4.03. The molecule has 0 amide bonds. The van der Waals surface area contributed by atoms with E-state index >= 15 is 0 Å². The molecule has 0 heterocycles. The van der Waals surface area contributed by atoms with Crippen LogP contribution in [0.3, 0.4) is 0 Å². The van der Waals surface area contributed by atoms with Crippen LogP contribution >= 0.6 is 27.5 Å². The van der Waals surface area contributed by atoms with Crippen molar-refractivity contribution in [2.45, 2.75) is 13.0 Å². The highest BCUT2D eigenvalue weighted by Gasteiger charge is 2.15. The molecule has 1 unspecified atom stereocenters. The summed E-state index contributed by atoms with van der Waals surface area (Å²) in [6.07, 6.45) is 0. The van der Waals surface area contributed by atoms with Crippen LogP contribution in [-0.2, 0) is 0 Å². The monoisotopic (exact) mass is 359 g/mol. The molecule has 3 aromatic carbocycles. The maximum absolute atomic E-state index is 6.52. The molecular weight excluding hydrogens is 346 g/mol. The van der Waals surface area contributed by atoms with Gasteiger partial charge in [-0.05, 0) is 47.2 Å².